The van der Waals surface area contributed by atoms with Crippen LogP contribution in [-0.4, -0.2) is 35.1 Å². The Morgan fingerprint density at radius 1 is 1.29 bits per heavy atom. The normalized spacial score (nSPS) is 13.1. The van der Waals surface area contributed by atoms with E-state index in [9.17, 15) is 9.18 Å². The highest BCUT2D eigenvalue weighted by molar-refractivity contribution is 6.37. The van der Waals surface area contributed by atoms with Gasteiger partial charge in [0.25, 0.3) is 5.88 Å². The molecule has 150 valence electrons. The van der Waals surface area contributed by atoms with Crippen molar-refractivity contribution in [1.29, 1.82) is 0 Å². The molecule has 0 spiro atoms. The van der Waals surface area contributed by atoms with Crippen LogP contribution in [0.1, 0.15) is 26.2 Å². The highest BCUT2D eigenvalue weighted by Crippen LogP contribution is 2.39. The Labute approximate surface area is 171 Å². The standard InChI is InChI=1S/C18H19Cl2FN4O3/c1-2-27-14(26)5-6-22-11-7-12(19)16(13(20)8-11)28-18-15(21)17(23-9-24-18)25-10-3-4-10/h7-10,22H,2-6H2,1H3,(H,23,24,25). The fourth-order valence-corrected chi connectivity index (χ4v) is 2.91. The van der Waals surface area contributed by atoms with Crippen molar-refractivity contribution in [1.82, 2.24) is 9.97 Å². The maximum Gasteiger partial charge on any atom is 0.307 e. The summed E-state index contributed by atoms with van der Waals surface area (Å²) in [6.07, 6.45) is 3.35. The molecule has 7 nitrogen and oxygen atoms in total. The molecule has 1 aliphatic carbocycles. The average Bonchev–Trinajstić information content (AvgIpc) is 3.45. The van der Waals surface area contributed by atoms with Crippen LogP contribution in [0.25, 0.3) is 0 Å². The quantitative estimate of drug-likeness (QED) is 0.561. The first kappa shape index (κ1) is 20.4. The Hall–Kier alpha value is -2.32. The molecule has 0 unspecified atom stereocenters. The van der Waals surface area contributed by atoms with Gasteiger partial charge in [0.1, 0.15) is 6.33 Å². The predicted molar refractivity (Wildman–Crippen MR) is 105 cm³/mol. The van der Waals surface area contributed by atoms with Crippen molar-refractivity contribution in [2.75, 3.05) is 23.8 Å². The second-order valence-electron chi connectivity index (χ2n) is 6.11. The van der Waals surface area contributed by atoms with Crippen molar-refractivity contribution >= 4 is 40.7 Å². The van der Waals surface area contributed by atoms with E-state index in [0.717, 1.165) is 12.8 Å². The van der Waals surface area contributed by atoms with Gasteiger partial charge in [-0.25, -0.2) is 4.98 Å². The van der Waals surface area contributed by atoms with E-state index in [1.54, 1.807) is 19.1 Å². The molecule has 0 saturated heterocycles. The van der Waals surface area contributed by atoms with Gasteiger partial charge in [0.15, 0.2) is 11.6 Å². The fraction of sp³-hybridized carbons (Fsp3) is 0.389. The Morgan fingerprint density at radius 3 is 2.64 bits per heavy atom. The number of hydrogen-bond donors (Lipinski definition) is 2. The molecule has 0 amide bonds. The van der Waals surface area contributed by atoms with Crippen LogP contribution in [-0.2, 0) is 9.53 Å². The number of rotatable bonds is 9. The van der Waals surface area contributed by atoms with Crippen LogP contribution in [0.2, 0.25) is 10.0 Å². The summed E-state index contributed by atoms with van der Waals surface area (Å²) in [4.78, 5) is 19.1. The van der Waals surface area contributed by atoms with E-state index in [2.05, 4.69) is 20.6 Å². The number of carbonyl (C=O) groups is 1. The lowest BCUT2D eigenvalue weighted by atomic mass is 10.3. The lowest BCUT2D eigenvalue weighted by Gasteiger charge is -2.13. The highest BCUT2D eigenvalue weighted by Gasteiger charge is 2.25. The molecule has 1 aliphatic rings. The average molecular weight is 429 g/mol. The maximum atomic E-state index is 14.5. The van der Waals surface area contributed by atoms with Gasteiger partial charge in [0, 0.05) is 18.3 Å². The lowest BCUT2D eigenvalue weighted by molar-refractivity contribution is -0.142. The molecule has 0 bridgehead atoms. The molecular weight excluding hydrogens is 410 g/mol. The third-order valence-electron chi connectivity index (χ3n) is 3.84. The van der Waals surface area contributed by atoms with Crippen LogP contribution < -0.4 is 15.4 Å². The summed E-state index contributed by atoms with van der Waals surface area (Å²) in [6.45, 7) is 2.43. The van der Waals surface area contributed by atoms with Crippen molar-refractivity contribution in [3.8, 4) is 11.6 Å². The summed E-state index contributed by atoms with van der Waals surface area (Å²) < 4.78 is 24.9. The van der Waals surface area contributed by atoms with Crippen molar-refractivity contribution in [2.45, 2.75) is 32.2 Å². The van der Waals surface area contributed by atoms with Gasteiger partial charge in [-0.3, -0.25) is 4.79 Å². The third kappa shape index (κ3) is 5.36. The molecule has 0 atom stereocenters. The van der Waals surface area contributed by atoms with E-state index >= 15 is 0 Å². The van der Waals surface area contributed by atoms with E-state index < -0.39 is 5.82 Å². The first-order valence-electron chi connectivity index (χ1n) is 8.81. The minimum absolute atomic E-state index is 0.0780. The fourth-order valence-electron chi connectivity index (χ4n) is 2.34. The molecule has 1 fully saturated rings. The van der Waals surface area contributed by atoms with Crippen LogP contribution in [0.3, 0.4) is 0 Å². The van der Waals surface area contributed by atoms with Crippen molar-refractivity contribution in [3.63, 3.8) is 0 Å². The van der Waals surface area contributed by atoms with Gasteiger partial charge in [-0.1, -0.05) is 23.2 Å². The van der Waals surface area contributed by atoms with Gasteiger partial charge in [-0.15, -0.1) is 0 Å². The Morgan fingerprint density at radius 2 is 2.00 bits per heavy atom. The molecule has 1 heterocycles. The van der Waals surface area contributed by atoms with Gasteiger partial charge >= 0.3 is 5.97 Å². The highest BCUT2D eigenvalue weighted by atomic mass is 35.5. The molecule has 1 aromatic heterocycles. The summed E-state index contributed by atoms with van der Waals surface area (Å²) in [7, 11) is 0. The van der Waals surface area contributed by atoms with E-state index in [0.29, 0.717) is 18.8 Å². The van der Waals surface area contributed by atoms with Crippen molar-refractivity contribution in [3.05, 3.63) is 34.3 Å². The predicted octanol–water partition coefficient (Wildman–Crippen LogP) is 4.65. The van der Waals surface area contributed by atoms with Crippen LogP contribution >= 0.6 is 23.2 Å². The molecule has 2 N–H and O–H groups in total. The van der Waals surface area contributed by atoms with Gasteiger partial charge in [-0.05, 0) is 31.9 Å². The number of aromatic nitrogens is 2. The molecule has 2 aromatic rings. The smallest absolute Gasteiger partial charge is 0.307 e. The van der Waals surface area contributed by atoms with E-state index in [4.69, 9.17) is 32.7 Å². The monoisotopic (exact) mass is 428 g/mol. The number of hydrogen-bond acceptors (Lipinski definition) is 7. The van der Waals surface area contributed by atoms with E-state index in [-0.39, 0.29) is 45.9 Å². The minimum Gasteiger partial charge on any atom is -0.466 e. The molecule has 0 aliphatic heterocycles. The first-order valence-corrected chi connectivity index (χ1v) is 9.57. The molecule has 0 radical (unpaired) electrons. The summed E-state index contributed by atoms with van der Waals surface area (Å²) >= 11 is 12.5. The van der Waals surface area contributed by atoms with Crippen LogP contribution in [0.4, 0.5) is 15.9 Å². The summed E-state index contributed by atoms with van der Waals surface area (Å²) in [5.41, 5.74) is 0.589. The van der Waals surface area contributed by atoms with Crippen LogP contribution in [0.15, 0.2) is 18.5 Å². The van der Waals surface area contributed by atoms with Gasteiger partial charge in [-0.2, -0.15) is 9.37 Å². The Balaban J connectivity index is 1.68. The molecule has 1 aromatic carbocycles. The number of benzene rings is 1. The zero-order valence-electron chi connectivity index (χ0n) is 15.1. The van der Waals surface area contributed by atoms with Crippen molar-refractivity contribution in [2.24, 2.45) is 0 Å². The molecule has 1 saturated carbocycles. The second-order valence-corrected chi connectivity index (χ2v) is 6.93. The zero-order chi connectivity index (χ0) is 20.1. The summed E-state index contributed by atoms with van der Waals surface area (Å²) in [6, 6.07) is 3.36. The third-order valence-corrected chi connectivity index (χ3v) is 4.40. The largest absolute Gasteiger partial charge is 0.466 e. The van der Waals surface area contributed by atoms with Crippen LogP contribution in [0, 0.1) is 5.82 Å². The zero-order valence-corrected chi connectivity index (χ0v) is 16.6. The van der Waals surface area contributed by atoms with Gasteiger partial charge < -0.3 is 20.1 Å². The number of carbonyl (C=O) groups excluding carboxylic acids is 1. The number of halogens is 3. The van der Waals surface area contributed by atoms with E-state index in [1.165, 1.54) is 6.33 Å². The van der Waals surface area contributed by atoms with Gasteiger partial charge in [0.2, 0.25) is 5.82 Å². The Kier molecular flexibility index (Phi) is 6.74. The van der Waals surface area contributed by atoms with Crippen molar-refractivity contribution < 1.29 is 18.7 Å². The summed E-state index contributed by atoms with van der Waals surface area (Å²) in [5.74, 6) is -1.13. The first-order chi connectivity index (χ1) is 13.5. The molecule has 10 heteroatoms. The molecule has 3 rings (SSSR count). The maximum absolute atomic E-state index is 14.5. The molecular formula is C18H19Cl2FN4O3. The number of anilines is 2. The topological polar surface area (TPSA) is 85.4 Å². The van der Waals surface area contributed by atoms with Crippen LogP contribution in [0.5, 0.6) is 11.6 Å². The van der Waals surface area contributed by atoms with Gasteiger partial charge in [0.05, 0.1) is 23.1 Å². The summed E-state index contributed by atoms with van der Waals surface area (Å²) in [5, 5.41) is 6.33. The number of nitrogens with zero attached hydrogens (tertiary/aromatic N) is 2. The number of ether oxygens (including phenoxy) is 2. The minimum atomic E-state index is -0.710. The molecule has 28 heavy (non-hydrogen) atoms. The SMILES string of the molecule is CCOC(=O)CCNc1cc(Cl)c(Oc2ncnc(NC3CC3)c2F)c(Cl)c1. The lowest BCUT2D eigenvalue weighted by Crippen LogP contribution is -2.11. The number of esters is 1. The second kappa shape index (κ2) is 9.25. The Bertz CT molecular complexity index is 842. The van der Waals surface area contributed by atoms with E-state index in [1.807, 2.05) is 0 Å². The number of nitrogens with one attached hydrogen (secondary N) is 2.